The summed E-state index contributed by atoms with van der Waals surface area (Å²) in [5, 5.41) is 10.1. The number of unbranched alkanes of at least 4 members (excludes halogenated alkanes) is 1. The van der Waals surface area contributed by atoms with Gasteiger partial charge in [-0.05, 0) is 49.2 Å². The Kier molecular flexibility index (Phi) is 6.57. The number of halogens is 4. The Bertz CT molecular complexity index is 1160. The molecular formula is C23H21F4NO4. The molecule has 3 rings (SSSR count). The molecule has 0 atom stereocenters. The Morgan fingerprint density at radius 1 is 1.12 bits per heavy atom. The number of fused-ring (bicyclic) bond motifs is 1. The van der Waals surface area contributed by atoms with Crippen LogP contribution in [0.25, 0.3) is 10.9 Å². The highest BCUT2D eigenvalue weighted by atomic mass is 19.4. The van der Waals surface area contributed by atoms with Gasteiger partial charge < -0.3 is 9.84 Å². The lowest BCUT2D eigenvalue weighted by Crippen LogP contribution is -2.15. The predicted molar refractivity (Wildman–Crippen MR) is 109 cm³/mol. The van der Waals surface area contributed by atoms with Gasteiger partial charge in [0.05, 0.1) is 24.1 Å². The average Bonchev–Trinajstić information content (AvgIpc) is 2.98. The smallest absolute Gasteiger partial charge is 0.416 e. The summed E-state index contributed by atoms with van der Waals surface area (Å²) in [6.07, 6.45) is -3.25. The number of carbonyl (C=O) groups excluding carboxylic acids is 2. The van der Waals surface area contributed by atoms with Crippen molar-refractivity contribution in [1.29, 1.82) is 0 Å². The number of carbonyl (C=O) groups is 2. The normalized spacial score (nSPS) is 11.7. The number of alkyl halides is 3. The minimum Gasteiger partial charge on any atom is -0.505 e. The minimum absolute atomic E-state index is 0.0523. The van der Waals surface area contributed by atoms with Gasteiger partial charge in [-0.1, -0.05) is 13.3 Å². The lowest BCUT2D eigenvalue weighted by Gasteiger charge is -2.10. The van der Waals surface area contributed by atoms with Gasteiger partial charge in [0.2, 0.25) is 0 Å². The van der Waals surface area contributed by atoms with E-state index in [9.17, 15) is 32.3 Å². The van der Waals surface area contributed by atoms with Crippen molar-refractivity contribution < 1.29 is 37.0 Å². The van der Waals surface area contributed by atoms with Crippen LogP contribution in [0.15, 0.2) is 36.4 Å². The zero-order valence-electron chi connectivity index (χ0n) is 17.4. The third-order valence-corrected chi connectivity index (χ3v) is 5.15. The van der Waals surface area contributed by atoms with E-state index in [1.807, 2.05) is 6.92 Å². The highest BCUT2D eigenvalue weighted by Gasteiger charge is 2.30. The number of rotatable bonds is 6. The van der Waals surface area contributed by atoms with Gasteiger partial charge in [-0.25, -0.2) is 4.39 Å². The molecule has 2 aromatic carbocycles. The molecule has 0 aliphatic rings. The van der Waals surface area contributed by atoms with Crippen molar-refractivity contribution in [2.24, 2.45) is 0 Å². The predicted octanol–water partition coefficient (Wildman–Crippen LogP) is 5.39. The largest absolute Gasteiger partial charge is 0.505 e. The number of phenolic OH excluding ortho intramolecular Hbond substituents is 1. The van der Waals surface area contributed by atoms with Crippen LogP contribution in [-0.2, 0) is 22.1 Å². The molecule has 1 heterocycles. The SMILES string of the molecule is CCCCOC(=O)Cc1c(C)n(C(=O)c2ccc(C(F)(F)F)cc2)c2cc(F)c(O)cc12. The first-order valence-corrected chi connectivity index (χ1v) is 9.94. The summed E-state index contributed by atoms with van der Waals surface area (Å²) < 4.78 is 58.9. The molecule has 3 aromatic rings. The molecule has 0 saturated carbocycles. The van der Waals surface area contributed by atoms with Gasteiger partial charge in [-0.2, -0.15) is 13.2 Å². The van der Waals surface area contributed by atoms with E-state index in [2.05, 4.69) is 0 Å². The molecule has 1 aromatic heterocycles. The summed E-state index contributed by atoms with van der Waals surface area (Å²) in [6.45, 7) is 3.71. The molecule has 0 fully saturated rings. The van der Waals surface area contributed by atoms with Gasteiger partial charge in [-0.15, -0.1) is 0 Å². The van der Waals surface area contributed by atoms with E-state index in [-0.39, 0.29) is 29.5 Å². The van der Waals surface area contributed by atoms with Crippen molar-refractivity contribution in [1.82, 2.24) is 4.57 Å². The van der Waals surface area contributed by atoms with E-state index >= 15 is 0 Å². The number of hydrogen-bond acceptors (Lipinski definition) is 4. The molecule has 1 N–H and O–H groups in total. The van der Waals surface area contributed by atoms with E-state index in [1.165, 1.54) is 6.92 Å². The van der Waals surface area contributed by atoms with Crippen LogP contribution < -0.4 is 0 Å². The van der Waals surface area contributed by atoms with Gasteiger partial charge in [0.15, 0.2) is 11.6 Å². The lowest BCUT2D eigenvalue weighted by molar-refractivity contribution is -0.143. The van der Waals surface area contributed by atoms with Gasteiger partial charge in [0, 0.05) is 22.7 Å². The summed E-state index contributed by atoms with van der Waals surface area (Å²) >= 11 is 0. The molecule has 0 radical (unpaired) electrons. The zero-order valence-corrected chi connectivity index (χ0v) is 17.4. The fraction of sp³-hybridized carbons (Fsp3) is 0.304. The first-order valence-electron chi connectivity index (χ1n) is 9.94. The number of benzene rings is 2. The lowest BCUT2D eigenvalue weighted by atomic mass is 10.1. The number of phenols is 1. The van der Waals surface area contributed by atoms with Gasteiger partial charge >= 0.3 is 12.1 Å². The van der Waals surface area contributed by atoms with Crippen molar-refractivity contribution in [3.63, 3.8) is 0 Å². The van der Waals surface area contributed by atoms with Gasteiger partial charge in [-0.3, -0.25) is 14.2 Å². The summed E-state index contributed by atoms with van der Waals surface area (Å²) in [7, 11) is 0. The highest BCUT2D eigenvalue weighted by molar-refractivity contribution is 6.05. The van der Waals surface area contributed by atoms with E-state index in [1.54, 1.807) is 0 Å². The van der Waals surface area contributed by atoms with Crippen molar-refractivity contribution in [2.75, 3.05) is 6.61 Å². The zero-order chi connectivity index (χ0) is 23.6. The molecule has 0 aliphatic carbocycles. The van der Waals surface area contributed by atoms with Crippen LogP contribution in [-0.4, -0.2) is 28.2 Å². The van der Waals surface area contributed by atoms with Crippen LogP contribution >= 0.6 is 0 Å². The van der Waals surface area contributed by atoms with Crippen LogP contribution in [0, 0.1) is 12.7 Å². The topological polar surface area (TPSA) is 68.5 Å². The van der Waals surface area contributed by atoms with Crippen LogP contribution in [0.4, 0.5) is 17.6 Å². The Hall–Kier alpha value is -3.36. The maximum Gasteiger partial charge on any atom is 0.416 e. The van der Waals surface area contributed by atoms with Crippen LogP contribution in [0.1, 0.15) is 46.9 Å². The Morgan fingerprint density at radius 2 is 1.78 bits per heavy atom. The van der Waals surface area contributed by atoms with E-state index in [0.29, 0.717) is 17.7 Å². The van der Waals surface area contributed by atoms with E-state index < -0.39 is 35.2 Å². The Morgan fingerprint density at radius 3 is 2.38 bits per heavy atom. The maximum atomic E-state index is 14.1. The highest BCUT2D eigenvalue weighted by Crippen LogP contribution is 2.33. The second-order valence-corrected chi connectivity index (χ2v) is 7.35. The fourth-order valence-corrected chi connectivity index (χ4v) is 3.43. The molecule has 32 heavy (non-hydrogen) atoms. The standard InChI is InChI=1S/C23H21F4NO4/c1-3-4-9-32-21(30)11-16-13(2)28(19-12-18(24)20(29)10-17(16)19)22(31)14-5-7-15(8-6-14)23(25,26)27/h5-8,10,12,29H,3-4,9,11H2,1-2H3. The second kappa shape index (κ2) is 9.02. The summed E-state index contributed by atoms with van der Waals surface area (Å²) in [6, 6.07) is 5.70. The summed E-state index contributed by atoms with van der Waals surface area (Å²) in [4.78, 5) is 25.4. The Labute approximate surface area is 181 Å². The first-order chi connectivity index (χ1) is 15.0. The molecule has 0 spiro atoms. The van der Waals surface area contributed by atoms with Crippen molar-refractivity contribution >= 4 is 22.8 Å². The van der Waals surface area contributed by atoms with E-state index in [4.69, 9.17) is 4.74 Å². The number of nitrogens with zero attached hydrogens (tertiary/aromatic N) is 1. The second-order valence-electron chi connectivity index (χ2n) is 7.35. The molecule has 170 valence electrons. The van der Waals surface area contributed by atoms with Crippen molar-refractivity contribution in [3.05, 3.63) is 64.6 Å². The number of esters is 1. The molecule has 0 saturated heterocycles. The molecule has 0 aliphatic heterocycles. The van der Waals surface area contributed by atoms with Gasteiger partial charge in [0.1, 0.15) is 0 Å². The molecular weight excluding hydrogens is 430 g/mol. The van der Waals surface area contributed by atoms with Crippen LogP contribution in [0.3, 0.4) is 0 Å². The monoisotopic (exact) mass is 451 g/mol. The molecule has 9 heteroatoms. The van der Waals surface area contributed by atoms with Gasteiger partial charge in [0.25, 0.3) is 5.91 Å². The van der Waals surface area contributed by atoms with Crippen LogP contribution in [0.2, 0.25) is 0 Å². The number of hydrogen-bond donors (Lipinski definition) is 1. The summed E-state index contributed by atoms with van der Waals surface area (Å²) in [5.74, 6) is -2.88. The van der Waals surface area contributed by atoms with Crippen LogP contribution in [0.5, 0.6) is 5.75 Å². The third-order valence-electron chi connectivity index (χ3n) is 5.15. The number of aromatic hydroxyl groups is 1. The fourth-order valence-electron chi connectivity index (χ4n) is 3.43. The molecule has 0 bridgehead atoms. The van der Waals surface area contributed by atoms with E-state index in [0.717, 1.165) is 47.4 Å². The average molecular weight is 451 g/mol. The molecule has 5 nitrogen and oxygen atoms in total. The number of ether oxygens (including phenoxy) is 1. The third kappa shape index (κ3) is 4.61. The molecule has 0 amide bonds. The first kappa shape index (κ1) is 23.3. The minimum atomic E-state index is -4.55. The Balaban J connectivity index is 2.06. The van der Waals surface area contributed by atoms with Crippen molar-refractivity contribution in [3.8, 4) is 5.75 Å². The quantitative estimate of drug-likeness (QED) is 0.310. The summed E-state index contributed by atoms with van der Waals surface area (Å²) in [5.41, 5.74) is -0.225. The molecule has 0 unspecified atom stereocenters. The maximum absolute atomic E-state index is 14.1. The number of aromatic nitrogens is 1. The van der Waals surface area contributed by atoms with Crippen molar-refractivity contribution in [2.45, 2.75) is 39.3 Å².